The second-order valence-corrected chi connectivity index (χ2v) is 7.07. The van der Waals surface area contributed by atoms with Crippen LogP contribution in [0.3, 0.4) is 0 Å². The number of hydrogen-bond donors (Lipinski definition) is 1. The number of hydrogen-bond acceptors (Lipinski definition) is 2. The zero-order valence-corrected chi connectivity index (χ0v) is 13.6. The van der Waals surface area contributed by atoms with Crippen molar-refractivity contribution in [3.63, 3.8) is 0 Å². The minimum atomic E-state index is 0.215. The van der Waals surface area contributed by atoms with Crippen LogP contribution < -0.4 is 5.32 Å². The van der Waals surface area contributed by atoms with Crippen LogP contribution in [0.15, 0.2) is 30.3 Å². The molecule has 1 aliphatic heterocycles. The van der Waals surface area contributed by atoms with E-state index in [4.69, 9.17) is 0 Å². The monoisotopic (exact) mass is 300 g/mol. The highest BCUT2D eigenvalue weighted by molar-refractivity contribution is 5.78. The minimum Gasteiger partial charge on any atom is -0.352 e. The summed E-state index contributed by atoms with van der Waals surface area (Å²) in [7, 11) is 0. The van der Waals surface area contributed by atoms with Gasteiger partial charge in [0.15, 0.2) is 0 Å². The second-order valence-electron chi connectivity index (χ2n) is 7.07. The van der Waals surface area contributed by atoms with E-state index in [0.29, 0.717) is 24.4 Å². The molecule has 1 saturated carbocycles. The van der Waals surface area contributed by atoms with Crippen molar-refractivity contribution in [3.8, 4) is 0 Å². The van der Waals surface area contributed by atoms with Gasteiger partial charge >= 0.3 is 0 Å². The van der Waals surface area contributed by atoms with Crippen molar-refractivity contribution in [3.05, 3.63) is 35.9 Å². The van der Waals surface area contributed by atoms with E-state index in [1.54, 1.807) is 0 Å². The summed E-state index contributed by atoms with van der Waals surface area (Å²) in [6.45, 7) is 4.88. The third-order valence-corrected chi connectivity index (χ3v) is 5.37. The molecule has 1 saturated heterocycles. The van der Waals surface area contributed by atoms with Gasteiger partial charge in [-0.05, 0) is 43.2 Å². The van der Waals surface area contributed by atoms with Gasteiger partial charge in [0.05, 0.1) is 6.54 Å². The smallest absolute Gasteiger partial charge is 0.234 e. The highest BCUT2D eigenvalue weighted by atomic mass is 16.2. The Morgan fingerprint density at radius 2 is 1.95 bits per heavy atom. The molecule has 0 bridgehead atoms. The summed E-state index contributed by atoms with van der Waals surface area (Å²) in [5.41, 5.74) is 1.41. The van der Waals surface area contributed by atoms with E-state index >= 15 is 0 Å². The number of nitrogens with zero attached hydrogens (tertiary/aromatic N) is 1. The molecule has 3 atom stereocenters. The van der Waals surface area contributed by atoms with Crippen LogP contribution >= 0.6 is 0 Å². The topological polar surface area (TPSA) is 32.3 Å². The molecule has 0 aromatic heterocycles. The Morgan fingerprint density at radius 3 is 2.73 bits per heavy atom. The van der Waals surface area contributed by atoms with Gasteiger partial charge in [-0.1, -0.05) is 50.1 Å². The highest BCUT2D eigenvalue weighted by Crippen LogP contribution is 2.27. The predicted molar refractivity (Wildman–Crippen MR) is 89.8 cm³/mol. The molecule has 0 unspecified atom stereocenters. The van der Waals surface area contributed by atoms with Gasteiger partial charge in [-0.3, -0.25) is 9.69 Å². The van der Waals surface area contributed by atoms with E-state index in [2.05, 4.69) is 47.5 Å². The van der Waals surface area contributed by atoms with Crippen LogP contribution in [0.25, 0.3) is 0 Å². The first kappa shape index (κ1) is 15.5. The van der Waals surface area contributed by atoms with Gasteiger partial charge in [0.2, 0.25) is 5.91 Å². The molecule has 1 aliphatic carbocycles. The lowest BCUT2D eigenvalue weighted by Gasteiger charge is -2.30. The second kappa shape index (κ2) is 7.28. The van der Waals surface area contributed by atoms with Crippen molar-refractivity contribution in [2.75, 3.05) is 19.6 Å². The van der Waals surface area contributed by atoms with Gasteiger partial charge in [-0.15, -0.1) is 0 Å². The lowest BCUT2D eigenvalue weighted by Crippen LogP contribution is -2.45. The molecule has 3 rings (SSSR count). The Bertz CT molecular complexity index is 487. The third-order valence-electron chi connectivity index (χ3n) is 5.37. The lowest BCUT2D eigenvalue weighted by atomic mass is 9.86. The van der Waals surface area contributed by atoms with E-state index in [-0.39, 0.29) is 5.91 Å². The maximum atomic E-state index is 12.3. The Kier molecular flexibility index (Phi) is 5.14. The molecule has 1 heterocycles. The molecule has 2 aliphatic rings. The molecule has 2 fully saturated rings. The molecule has 1 aromatic rings. The van der Waals surface area contributed by atoms with Crippen molar-refractivity contribution in [1.29, 1.82) is 0 Å². The van der Waals surface area contributed by atoms with Gasteiger partial charge in [-0.2, -0.15) is 0 Å². The number of carbonyl (C=O) groups is 1. The van der Waals surface area contributed by atoms with Gasteiger partial charge in [0.1, 0.15) is 0 Å². The third kappa shape index (κ3) is 3.89. The first-order valence-electron chi connectivity index (χ1n) is 8.79. The van der Waals surface area contributed by atoms with Gasteiger partial charge in [0, 0.05) is 12.6 Å². The standard InChI is InChI=1S/C19H28N2O/c1-15-7-5-6-10-18(15)20-19(22)14-21-12-11-17(13-21)16-8-3-2-4-9-16/h2-4,8-9,15,17-18H,5-7,10-14H2,1H3,(H,20,22)/t15-,17-,18+/m1/s1. The van der Waals surface area contributed by atoms with Crippen LogP contribution in [0.5, 0.6) is 0 Å². The largest absolute Gasteiger partial charge is 0.352 e. The summed E-state index contributed by atoms with van der Waals surface area (Å²) >= 11 is 0. The first-order valence-corrected chi connectivity index (χ1v) is 8.79. The molecule has 22 heavy (non-hydrogen) atoms. The van der Waals surface area contributed by atoms with E-state index < -0.39 is 0 Å². The molecule has 120 valence electrons. The van der Waals surface area contributed by atoms with Crippen molar-refractivity contribution in [2.24, 2.45) is 5.92 Å². The molecular weight excluding hydrogens is 272 g/mol. The van der Waals surface area contributed by atoms with Crippen LogP contribution in [-0.2, 0) is 4.79 Å². The number of carbonyl (C=O) groups excluding carboxylic acids is 1. The summed E-state index contributed by atoms with van der Waals surface area (Å²) in [4.78, 5) is 14.6. The lowest BCUT2D eigenvalue weighted by molar-refractivity contribution is -0.123. The summed E-state index contributed by atoms with van der Waals surface area (Å²) in [5.74, 6) is 1.43. The number of benzene rings is 1. The van der Waals surface area contributed by atoms with E-state index in [1.807, 2.05) is 0 Å². The van der Waals surface area contributed by atoms with Gasteiger partial charge < -0.3 is 5.32 Å². The average Bonchev–Trinajstić information content (AvgIpc) is 2.99. The van der Waals surface area contributed by atoms with Gasteiger partial charge in [0.25, 0.3) is 0 Å². The fraction of sp³-hybridized carbons (Fsp3) is 0.632. The number of likely N-dealkylation sites (tertiary alicyclic amines) is 1. The summed E-state index contributed by atoms with van der Waals surface area (Å²) in [6, 6.07) is 11.1. The quantitative estimate of drug-likeness (QED) is 0.926. The number of nitrogens with one attached hydrogen (secondary N) is 1. The van der Waals surface area contributed by atoms with Gasteiger partial charge in [-0.25, -0.2) is 0 Å². The average molecular weight is 300 g/mol. The Labute approximate surface area is 134 Å². The molecule has 0 spiro atoms. The molecule has 1 aromatic carbocycles. The number of rotatable bonds is 4. The van der Waals surface area contributed by atoms with E-state index in [0.717, 1.165) is 25.9 Å². The SMILES string of the molecule is C[C@@H]1CCCC[C@@H]1NC(=O)CN1CC[C@@H](c2ccccc2)C1. The van der Waals surface area contributed by atoms with Crippen LogP contribution in [0.1, 0.15) is 50.5 Å². The predicted octanol–water partition coefficient (Wildman–Crippen LogP) is 3.17. The zero-order chi connectivity index (χ0) is 15.4. The molecule has 0 radical (unpaired) electrons. The van der Waals surface area contributed by atoms with Crippen LogP contribution in [0, 0.1) is 5.92 Å². The van der Waals surface area contributed by atoms with Crippen molar-refractivity contribution in [2.45, 2.75) is 51.0 Å². The molecule has 3 nitrogen and oxygen atoms in total. The Hall–Kier alpha value is -1.35. The summed E-state index contributed by atoms with van der Waals surface area (Å²) < 4.78 is 0. The zero-order valence-electron chi connectivity index (χ0n) is 13.6. The summed E-state index contributed by atoms with van der Waals surface area (Å²) in [6.07, 6.45) is 6.15. The molecule has 1 amide bonds. The Morgan fingerprint density at radius 1 is 1.18 bits per heavy atom. The van der Waals surface area contributed by atoms with E-state index in [1.165, 1.54) is 24.8 Å². The van der Waals surface area contributed by atoms with Crippen LogP contribution in [0.2, 0.25) is 0 Å². The van der Waals surface area contributed by atoms with Crippen LogP contribution in [0.4, 0.5) is 0 Å². The molecular formula is C19H28N2O. The fourth-order valence-electron chi connectivity index (χ4n) is 3.96. The molecule has 3 heteroatoms. The highest BCUT2D eigenvalue weighted by Gasteiger charge is 2.27. The van der Waals surface area contributed by atoms with Crippen molar-refractivity contribution < 1.29 is 4.79 Å². The maximum Gasteiger partial charge on any atom is 0.234 e. The number of amides is 1. The van der Waals surface area contributed by atoms with Crippen LogP contribution in [-0.4, -0.2) is 36.5 Å². The molecule has 1 N–H and O–H groups in total. The van der Waals surface area contributed by atoms with Crippen molar-refractivity contribution >= 4 is 5.91 Å². The fourth-order valence-corrected chi connectivity index (χ4v) is 3.96. The Balaban J connectivity index is 1.46. The first-order chi connectivity index (χ1) is 10.7. The van der Waals surface area contributed by atoms with Crippen molar-refractivity contribution in [1.82, 2.24) is 10.2 Å². The normalized spacial score (nSPS) is 29.4. The summed E-state index contributed by atoms with van der Waals surface area (Å²) in [5, 5.41) is 3.27. The minimum absolute atomic E-state index is 0.215. The van der Waals surface area contributed by atoms with E-state index in [9.17, 15) is 4.79 Å². The maximum absolute atomic E-state index is 12.3.